The summed E-state index contributed by atoms with van der Waals surface area (Å²) in [5, 5.41) is 0. The molecule has 0 bridgehead atoms. The molecular formula is C21H25N2O. The van der Waals surface area contributed by atoms with E-state index < -0.39 is 0 Å². The first-order valence-corrected chi connectivity index (χ1v) is 8.59. The van der Waals surface area contributed by atoms with Crippen LogP contribution in [0.3, 0.4) is 0 Å². The highest BCUT2D eigenvalue weighted by Crippen LogP contribution is 2.29. The second kappa shape index (κ2) is 7.08. The van der Waals surface area contributed by atoms with Crippen LogP contribution in [0, 0.1) is 13.0 Å². The van der Waals surface area contributed by atoms with Crippen molar-refractivity contribution in [2.75, 3.05) is 32.1 Å². The fourth-order valence-electron chi connectivity index (χ4n) is 3.32. The van der Waals surface area contributed by atoms with Crippen LogP contribution in [-0.2, 0) is 0 Å². The summed E-state index contributed by atoms with van der Waals surface area (Å²) in [6, 6.07) is 17.5. The third-order valence-electron chi connectivity index (χ3n) is 4.83. The van der Waals surface area contributed by atoms with Gasteiger partial charge < -0.3 is 9.80 Å². The molecule has 0 unspecified atom stereocenters. The van der Waals surface area contributed by atoms with Gasteiger partial charge in [-0.15, -0.1) is 0 Å². The van der Waals surface area contributed by atoms with Crippen molar-refractivity contribution >= 4 is 11.6 Å². The van der Waals surface area contributed by atoms with Crippen LogP contribution < -0.4 is 4.90 Å². The molecule has 0 aliphatic carbocycles. The van der Waals surface area contributed by atoms with Crippen LogP contribution >= 0.6 is 0 Å². The normalized spacial score (nSPS) is 15.4. The predicted molar refractivity (Wildman–Crippen MR) is 98.7 cm³/mol. The van der Waals surface area contributed by atoms with Crippen molar-refractivity contribution in [1.29, 1.82) is 0 Å². The number of aryl methyl sites for hydroxylation is 1. The summed E-state index contributed by atoms with van der Waals surface area (Å²) in [6.07, 6.45) is 2.03. The van der Waals surface area contributed by atoms with E-state index in [0.29, 0.717) is 5.92 Å². The third kappa shape index (κ3) is 3.61. The molecule has 1 fully saturated rings. The number of hydrogen-bond donors (Lipinski definition) is 0. The van der Waals surface area contributed by atoms with E-state index >= 15 is 0 Å². The van der Waals surface area contributed by atoms with Gasteiger partial charge in [0.15, 0.2) is 0 Å². The lowest BCUT2D eigenvalue weighted by atomic mass is 9.88. The minimum absolute atomic E-state index is 0.145. The fraction of sp³-hybridized carbons (Fsp3) is 0.381. The van der Waals surface area contributed by atoms with E-state index in [9.17, 15) is 4.79 Å². The molecule has 3 rings (SSSR count). The Hall–Kier alpha value is -2.29. The predicted octanol–water partition coefficient (Wildman–Crippen LogP) is 3.88. The first kappa shape index (κ1) is 16.6. The van der Waals surface area contributed by atoms with Gasteiger partial charge in [-0.3, -0.25) is 4.79 Å². The second-order valence-corrected chi connectivity index (χ2v) is 6.83. The molecule has 1 radical (unpaired) electrons. The van der Waals surface area contributed by atoms with E-state index in [1.165, 1.54) is 11.1 Å². The molecular weight excluding hydrogens is 296 g/mol. The Morgan fingerprint density at radius 3 is 2.38 bits per heavy atom. The van der Waals surface area contributed by atoms with Crippen molar-refractivity contribution in [2.24, 2.45) is 0 Å². The minimum Gasteiger partial charge on any atom is -0.378 e. The topological polar surface area (TPSA) is 23.6 Å². The molecule has 24 heavy (non-hydrogen) atoms. The lowest BCUT2D eigenvalue weighted by Gasteiger charge is -2.32. The number of amides is 1. The molecule has 3 heteroatoms. The van der Waals surface area contributed by atoms with Crippen molar-refractivity contribution in [3.05, 3.63) is 65.2 Å². The van der Waals surface area contributed by atoms with E-state index in [-0.39, 0.29) is 5.91 Å². The van der Waals surface area contributed by atoms with Crippen molar-refractivity contribution in [1.82, 2.24) is 4.90 Å². The van der Waals surface area contributed by atoms with Crippen molar-refractivity contribution in [3.8, 4) is 0 Å². The van der Waals surface area contributed by atoms with Crippen LogP contribution in [0.2, 0.25) is 0 Å². The zero-order valence-electron chi connectivity index (χ0n) is 14.7. The summed E-state index contributed by atoms with van der Waals surface area (Å²) in [5.41, 5.74) is 4.46. The van der Waals surface area contributed by atoms with Gasteiger partial charge in [-0.2, -0.15) is 0 Å². The second-order valence-electron chi connectivity index (χ2n) is 6.83. The molecule has 3 nitrogen and oxygen atoms in total. The first-order chi connectivity index (χ1) is 11.5. The Labute approximate surface area is 144 Å². The van der Waals surface area contributed by atoms with Gasteiger partial charge >= 0.3 is 0 Å². The molecule has 1 amide bonds. The summed E-state index contributed by atoms with van der Waals surface area (Å²) >= 11 is 0. The van der Waals surface area contributed by atoms with E-state index in [1.807, 2.05) is 54.2 Å². The SMILES string of the molecule is Cc1cc[c]c(C2CCN(C(=O)c3ccc(N(C)C)cc3)CC2)c1. The Kier molecular flexibility index (Phi) is 4.89. The molecule has 2 aromatic rings. The van der Waals surface area contributed by atoms with Gasteiger partial charge in [0.05, 0.1) is 0 Å². The average molecular weight is 321 g/mol. The number of piperidine rings is 1. The molecule has 1 aliphatic rings. The van der Waals surface area contributed by atoms with Crippen molar-refractivity contribution < 1.29 is 4.79 Å². The van der Waals surface area contributed by atoms with Crippen LogP contribution in [-0.4, -0.2) is 38.0 Å². The number of carbonyl (C=O) groups excluding carboxylic acids is 1. The average Bonchev–Trinajstić information content (AvgIpc) is 2.61. The summed E-state index contributed by atoms with van der Waals surface area (Å²) < 4.78 is 0. The maximum atomic E-state index is 12.7. The Morgan fingerprint density at radius 1 is 1.12 bits per heavy atom. The Bertz CT molecular complexity index is 698. The van der Waals surface area contributed by atoms with Crippen LogP contribution in [0.4, 0.5) is 5.69 Å². The minimum atomic E-state index is 0.145. The number of likely N-dealkylation sites (tertiary alicyclic amines) is 1. The fourth-order valence-corrected chi connectivity index (χ4v) is 3.32. The summed E-state index contributed by atoms with van der Waals surface area (Å²) in [6.45, 7) is 3.76. The van der Waals surface area contributed by atoms with E-state index in [4.69, 9.17) is 0 Å². The standard InChI is InChI=1S/C21H25N2O/c1-16-5-4-6-19(15-16)17-11-13-23(14-12-17)21(24)18-7-9-20(10-8-18)22(2)3/h4-5,7-10,15,17H,11-14H2,1-3H3. The molecule has 0 N–H and O–H groups in total. The zero-order chi connectivity index (χ0) is 17.1. The number of nitrogens with zero attached hydrogens (tertiary/aromatic N) is 2. The monoisotopic (exact) mass is 321 g/mol. The molecule has 0 aromatic heterocycles. The maximum Gasteiger partial charge on any atom is 0.253 e. The number of carbonyl (C=O) groups is 1. The molecule has 125 valence electrons. The Balaban J connectivity index is 1.62. The summed E-state index contributed by atoms with van der Waals surface area (Å²) in [5.74, 6) is 0.664. The number of hydrogen-bond acceptors (Lipinski definition) is 2. The first-order valence-electron chi connectivity index (χ1n) is 8.59. The molecule has 0 atom stereocenters. The quantitative estimate of drug-likeness (QED) is 0.856. The number of anilines is 1. The summed E-state index contributed by atoms with van der Waals surface area (Å²) in [7, 11) is 4.01. The van der Waals surface area contributed by atoms with Gasteiger partial charge in [-0.1, -0.05) is 23.8 Å². The lowest BCUT2D eigenvalue weighted by molar-refractivity contribution is 0.0713. The summed E-state index contributed by atoms with van der Waals surface area (Å²) in [4.78, 5) is 16.7. The maximum absolute atomic E-state index is 12.7. The smallest absolute Gasteiger partial charge is 0.253 e. The van der Waals surface area contributed by atoms with E-state index in [1.54, 1.807) is 0 Å². The molecule has 0 spiro atoms. The largest absolute Gasteiger partial charge is 0.378 e. The van der Waals surface area contributed by atoms with Crippen molar-refractivity contribution in [2.45, 2.75) is 25.7 Å². The van der Waals surface area contributed by atoms with Crippen LogP contribution in [0.15, 0.2) is 42.5 Å². The number of rotatable bonds is 3. The van der Waals surface area contributed by atoms with Gasteiger partial charge in [0.2, 0.25) is 0 Å². The van der Waals surface area contributed by atoms with E-state index in [2.05, 4.69) is 25.1 Å². The third-order valence-corrected chi connectivity index (χ3v) is 4.83. The highest BCUT2D eigenvalue weighted by Gasteiger charge is 2.24. The zero-order valence-corrected chi connectivity index (χ0v) is 14.7. The van der Waals surface area contributed by atoms with Crippen LogP contribution in [0.5, 0.6) is 0 Å². The molecule has 2 aromatic carbocycles. The molecule has 0 saturated carbocycles. The van der Waals surface area contributed by atoms with Gasteiger partial charge in [-0.05, 0) is 61.6 Å². The Morgan fingerprint density at radius 2 is 1.79 bits per heavy atom. The van der Waals surface area contributed by atoms with Gasteiger partial charge in [0.1, 0.15) is 0 Å². The van der Waals surface area contributed by atoms with Gasteiger partial charge in [-0.25, -0.2) is 0 Å². The van der Waals surface area contributed by atoms with Crippen LogP contribution in [0.1, 0.15) is 40.2 Å². The van der Waals surface area contributed by atoms with Crippen molar-refractivity contribution in [3.63, 3.8) is 0 Å². The highest BCUT2D eigenvalue weighted by molar-refractivity contribution is 5.94. The van der Waals surface area contributed by atoms with E-state index in [0.717, 1.165) is 37.2 Å². The molecule has 1 aliphatic heterocycles. The molecule has 1 saturated heterocycles. The van der Waals surface area contributed by atoms with Gasteiger partial charge in [0, 0.05) is 38.4 Å². The molecule has 1 heterocycles. The van der Waals surface area contributed by atoms with Gasteiger partial charge in [0.25, 0.3) is 5.91 Å². The number of benzene rings is 2. The van der Waals surface area contributed by atoms with Crippen LogP contribution in [0.25, 0.3) is 0 Å². The lowest BCUT2D eigenvalue weighted by Crippen LogP contribution is -2.37. The highest BCUT2D eigenvalue weighted by atomic mass is 16.2.